The molecule has 1 atom stereocenters. The lowest BCUT2D eigenvalue weighted by Crippen LogP contribution is -1.99. The largest absolute Gasteiger partial charge is 0.487 e. The molecule has 2 aromatic rings. The Morgan fingerprint density at radius 3 is 2.55 bits per heavy atom. The van der Waals surface area contributed by atoms with E-state index in [2.05, 4.69) is 0 Å². The maximum Gasteiger partial charge on any atom is 0.138 e. The standard InChI is InChI=1S/C15H13Cl2FO2/c1-9(19)10-3-5-15(13(17)6-10)20-8-11-2-4-12(16)7-14(11)18/h2-7,9,19H,8H2,1H3/t9-/m0/s1. The number of aliphatic hydroxyl groups excluding tert-OH is 1. The molecule has 0 spiro atoms. The highest BCUT2D eigenvalue weighted by atomic mass is 35.5. The van der Waals surface area contributed by atoms with E-state index < -0.39 is 11.9 Å². The molecule has 0 aliphatic rings. The number of benzene rings is 2. The third-order valence-corrected chi connectivity index (χ3v) is 3.37. The minimum absolute atomic E-state index is 0.0523. The molecular formula is C15H13Cl2FO2. The normalized spacial score (nSPS) is 12.2. The molecule has 0 amide bonds. The number of hydrogen-bond acceptors (Lipinski definition) is 2. The lowest BCUT2D eigenvalue weighted by Gasteiger charge is -2.11. The van der Waals surface area contributed by atoms with Crippen molar-refractivity contribution in [3.63, 3.8) is 0 Å². The predicted molar refractivity (Wildman–Crippen MR) is 77.8 cm³/mol. The van der Waals surface area contributed by atoms with Crippen LogP contribution in [-0.4, -0.2) is 5.11 Å². The Morgan fingerprint density at radius 2 is 1.95 bits per heavy atom. The zero-order valence-electron chi connectivity index (χ0n) is 10.7. The summed E-state index contributed by atoms with van der Waals surface area (Å²) in [6.07, 6.45) is -0.602. The van der Waals surface area contributed by atoms with Crippen molar-refractivity contribution in [1.82, 2.24) is 0 Å². The molecule has 2 nitrogen and oxygen atoms in total. The quantitative estimate of drug-likeness (QED) is 0.881. The van der Waals surface area contributed by atoms with Crippen LogP contribution >= 0.6 is 23.2 Å². The van der Waals surface area contributed by atoms with Crippen molar-refractivity contribution < 1.29 is 14.2 Å². The first kappa shape index (κ1) is 15.1. The van der Waals surface area contributed by atoms with Crippen molar-refractivity contribution >= 4 is 23.2 Å². The van der Waals surface area contributed by atoms with E-state index in [0.717, 1.165) is 0 Å². The van der Waals surface area contributed by atoms with Crippen LogP contribution in [0.25, 0.3) is 0 Å². The maximum atomic E-state index is 13.6. The minimum Gasteiger partial charge on any atom is -0.487 e. The highest BCUT2D eigenvalue weighted by Crippen LogP contribution is 2.29. The number of aliphatic hydroxyl groups is 1. The van der Waals surface area contributed by atoms with Crippen LogP contribution in [0, 0.1) is 5.82 Å². The molecule has 2 rings (SSSR count). The number of rotatable bonds is 4. The van der Waals surface area contributed by atoms with Gasteiger partial charge in [-0.1, -0.05) is 35.3 Å². The van der Waals surface area contributed by atoms with Gasteiger partial charge in [-0.25, -0.2) is 4.39 Å². The summed E-state index contributed by atoms with van der Waals surface area (Å²) in [6.45, 7) is 1.70. The molecule has 0 radical (unpaired) electrons. The first-order valence-corrected chi connectivity index (χ1v) is 6.77. The number of ether oxygens (including phenoxy) is 1. The van der Waals surface area contributed by atoms with Gasteiger partial charge in [-0.15, -0.1) is 0 Å². The van der Waals surface area contributed by atoms with E-state index in [9.17, 15) is 9.50 Å². The van der Waals surface area contributed by atoms with Crippen LogP contribution < -0.4 is 4.74 Å². The molecule has 0 unspecified atom stereocenters. The topological polar surface area (TPSA) is 29.5 Å². The monoisotopic (exact) mass is 314 g/mol. The van der Waals surface area contributed by atoms with Crippen molar-refractivity contribution in [3.05, 3.63) is 63.4 Å². The highest BCUT2D eigenvalue weighted by Gasteiger charge is 2.08. The lowest BCUT2D eigenvalue weighted by atomic mass is 10.1. The highest BCUT2D eigenvalue weighted by molar-refractivity contribution is 6.32. The molecular weight excluding hydrogens is 302 g/mol. The second-order valence-corrected chi connectivity index (χ2v) is 5.23. The third kappa shape index (κ3) is 3.63. The first-order chi connectivity index (χ1) is 9.47. The van der Waals surface area contributed by atoms with Gasteiger partial charge in [0.2, 0.25) is 0 Å². The molecule has 0 saturated heterocycles. The molecule has 0 aliphatic heterocycles. The fourth-order valence-electron chi connectivity index (χ4n) is 1.69. The van der Waals surface area contributed by atoms with Crippen LogP contribution in [0.4, 0.5) is 4.39 Å². The van der Waals surface area contributed by atoms with Gasteiger partial charge in [0.1, 0.15) is 18.2 Å². The van der Waals surface area contributed by atoms with Gasteiger partial charge in [0.15, 0.2) is 0 Å². The van der Waals surface area contributed by atoms with Gasteiger partial charge < -0.3 is 9.84 Å². The summed E-state index contributed by atoms with van der Waals surface area (Å²) in [5.74, 6) is 0.0136. The minimum atomic E-state index is -0.602. The summed E-state index contributed by atoms with van der Waals surface area (Å²) in [7, 11) is 0. The Morgan fingerprint density at radius 1 is 1.20 bits per heavy atom. The Hall–Kier alpha value is -1.29. The van der Waals surface area contributed by atoms with Gasteiger partial charge in [-0.3, -0.25) is 0 Å². The van der Waals surface area contributed by atoms with E-state index >= 15 is 0 Å². The van der Waals surface area contributed by atoms with E-state index in [1.807, 2.05) is 0 Å². The van der Waals surface area contributed by atoms with Gasteiger partial charge in [0.05, 0.1) is 11.1 Å². The summed E-state index contributed by atoms with van der Waals surface area (Å²) in [4.78, 5) is 0. The Balaban J connectivity index is 2.11. The van der Waals surface area contributed by atoms with E-state index in [1.165, 1.54) is 6.07 Å². The molecule has 0 fully saturated rings. The molecule has 2 aromatic carbocycles. The van der Waals surface area contributed by atoms with Gasteiger partial charge in [0.25, 0.3) is 0 Å². The van der Waals surface area contributed by atoms with Crippen LogP contribution in [0.3, 0.4) is 0 Å². The summed E-state index contributed by atoms with van der Waals surface area (Å²) in [5, 5.41) is 10.2. The zero-order valence-corrected chi connectivity index (χ0v) is 12.2. The van der Waals surface area contributed by atoms with Crippen LogP contribution in [-0.2, 0) is 6.61 Å². The van der Waals surface area contributed by atoms with Crippen molar-refractivity contribution in [1.29, 1.82) is 0 Å². The van der Waals surface area contributed by atoms with Gasteiger partial charge in [-0.2, -0.15) is 0 Å². The molecule has 5 heteroatoms. The SMILES string of the molecule is C[C@H](O)c1ccc(OCc2ccc(Cl)cc2F)c(Cl)c1. The molecule has 1 N–H and O–H groups in total. The summed E-state index contributed by atoms with van der Waals surface area (Å²) >= 11 is 11.7. The van der Waals surface area contributed by atoms with E-state index in [-0.39, 0.29) is 6.61 Å². The zero-order chi connectivity index (χ0) is 14.7. The molecule has 20 heavy (non-hydrogen) atoms. The summed E-state index contributed by atoms with van der Waals surface area (Å²) in [6, 6.07) is 9.39. The Bertz CT molecular complexity index is 615. The lowest BCUT2D eigenvalue weighted by molar-refractivity contribution is 0.199. The molecule has 0 saturated carbocycles. The average molecular weight is 315 g/mol. The fraction of sp³-hybridized carbons (Fsp3) is 0.200. The Kier molecular flexibility index (Phi) is 4.86. The predicted octanol–water partition coefficient (Wildman–Crippen LogP) is 4.76. The number of hydrogen-bond donors (Lipinski definition) is 1. The average Bonchev–Trinajstić information content (AvgIpc) is 2.38. The van der Waals surface area contributed by atoms with Gasteiger partial charge in [-0.05, 0) is 36.8 Å². The van der Waals surface area contributed by atoms with Crippen LogP contribution in [0.2, 0.25) is 10.0 Å². The summed E-state index contributed by atoms with van der Waals surface area (Å²) < 4.78 is 19.1. The molecule has 0 heterocycles. The van der Waals surface area contributed by atoms with Gasteiger partial charge in [0, 0.05) is 10.6 Å². The molecule has 0 aromatic heterocycles. The first-order valence-electron chi connectivity index (χ1n) is 6.01. The summed E-state index contributed by atoms with van der Waals surface area (Å²) in [5.41, 5.74) is 1.09. The fourth-order valence-corrected chi connectivity index (χ4v) is 2.09. The van der Waals surface area contributed by atoms with Crippen molar-refractivity contribution in [2.75, 3.05) is 0 Å². The van der Waals surface area contributed by atoms with Crippen molar-refractivity contribution in [3.8, 4) is 5.75 Å². The van der Waals surface area contributed by atoms with E-state index in [4.69, 9.17) is 27.9 Å². The molecule has 0 aliphatic carbocycles. The maximum absolute atomic E-state index is 13.6. The molecule has 0 bridgehead atoms. The van der Waals surface area contributed by atoms with E-state index in [1.54, 1.807) is 37.3 Å². The molecule has 106 valence electrons. The van der Waals surface area contributed by atoms with Gasteiger partial charge >= 0.3 is 0 Å². The second kappa shape index (κ2) is 6.44. The third-order valence-electron chi connectivity index (χ3n) is 2.84. The smallest absolute Gasteiger partial charge is 0.138 e. The van der Waals surface area contributed by atoms with Crippen molar-refractivity contribution in [2.24, 2.45) is 0 Å². The van der Waals surface area contributed by atoms with Crippen LogP contribution in [0.1, 0.15) is 24.2 Å². The number of halogens is 3. The van der Waals surface area contributed by atoms with Crippen molar-refractivity contribution in [2.45, 2.75) is 19.6 Å². The Labute approximate surface area is 126 Å². The van der Waals surface area contributed by atoms with Crippen LogP contribution in [0.5, 0.6) is 5.75 Å². The van der Waals surface area contributed by atoms with E-state index in [0.29, 0.717) is 26.9 Å². The van der Waals surface area contributed by atoms with Crippen LogP contribution in [0.15, 0.2) is 36.4 Å². The second-order valence-electron chi connectivity index (χ2n) is 4.39.